The van der Waals surface area contributed by atoms with Crippen LogP contribution in [-0.2, 0) is 6.42 Å². The molecule has 1 nitrogen and oxygen atoms in total. The third-order valence-electron chi connectivity index (χ3n) is 2.43. The van der Waals surface area contributed by atoms with Gasteiger partial charge in [-0.15, -0.1) is 0 Å². The summed E-state index contributed by atoms with van der Waals surface area (Å²) in [6.07, 6.45) is 10.1. The van der Waals surface area contributed by atoms with Gasteiger partial charge in [-0.05, 0) is 37.4 Å². The van der Waals surface area contributed by atoms with Crippen molar-refractivity contribution in [2.24, 2.45) is 0 Å². The lowest BCUT2D eigenvalue weighted by Crippen LogP contribution is -2.17. The molecule has 88 valence electrons. The van der Waals surface area contributed by atoms with Gasteiger partial charge in [0.15, 0.2) is 0 Å². The molecule has 16 heavy (non-hydrogen) atoms. The number of nitrogens with zero attached hydrogens (tertiary/aromatic N) is 1. The van der Waals surface area contributed by atoms with Gasteiger partial charge in [-0.1, -0.05) is 37.9 Å². The second kappa shape index (κ2) is 6.64. The fourth-order valence-electron chi connectivity index (χ4n) is 1.50. The Morgan fingerprint density at radius 1 is 1.19 bits per heavy atom. The number of hydrogen-bond acceptors (Lipinski definition) is 1. The molecule has 1 rings (SSSR count). The topological polar surface area (TPSA) is 12.9 Å². The molecule has 0 N–H and O–H groups in total. The number of pyridine rings is 1. The first kappa shape index (κ1) is 13.2. The summed E-state index contributed by atoms with van der Waals surface area (Å²) in [6.45, 7) is 7.22. The van der Waals surface area contributed by atoms with Crippen LogP contribution in [0.1, 0.15) is 18.5 Å². The summed E-state index contributed by atoms with van der Waals surface area (Å²) in [6, 6.07) is 7.43. The van der Waals surface area contributed by atoms with E-state index in [0.29, 0.717) is 0 Å². The van der Waals surface area contributed by atoms with Crippen LogP contribution >= 0.6 is 0 Å². The van der Waals surface area contributed by atoms with Gasteiger partial charge < -0.3 is 0 Å². The second-order valence-corrected chi connectivity index (χ2v) is 11.0. The zero-order chi connectivity index (χ0) is 11.9. The minimum Gasteiger partial charge on any atom is -0.261 e. The predicted octanol–water partition coefficient (Wildman–Crippen LogP) is 4.30. The molecule has 0 fully saturated rings. The third-order valence-corrected chi connectivity index (χ3v) is 3.89. The van der Waals surface area contributed by atoms with Crippen LogP contribution in [0.15, 0.2) is 36.5 Å². The molecule has 0 aliphatic heterocycles. The van der Waals surface area contributed by atoms with E-state index in [1.165, 1.54) is 24.6 Å². The van der Waals surface area contributed by atoms with Gasteiger partial charge in [-0.2, -0.15) is 0 Å². The standard InChI is InChI=1S/C14H23NSi/c1-16(2,3)13-9-5-4-6-10-14-11-7-8-12-15-14/h5,7-9,11-12H,4,6,10,13H2,1-3H3. The number of unbranched alkanes of at least 4 members (excludes halogenated alkanes) is 1. The molecule has 0 amide bonds. The van der Waals surface area contributed by atoms with Crippen LogP contribution < -0.4 is 0 Å². The lowest BCUT2D eigenvalue weighted by Gasteiger charge is -2.11. The Kier molecular flexibility index (Phi) is 5.47. The molecule has 2 heteroatoms. The molecule has 0 bridgehead atoms. The molecule has 1 aromatic heterocycles. The fourth-order valence-corrected chi connectivity index (χ4v) is 2.38. The van der Waals surface area contributed by atoms with Gasteiger partial charge in [0.05, 0.1) is 0 Å². The van der Waals surface area contributed by atoms with Crippen LogP contribution in [0.5, 0.6) is 0 Å². The average Bonchev–Trinajstić information content (AvgIpc) is 2.23. The summed E-state index contributed by atoms with van der Waals surface area (Å²) in [5.41, 5.74) is 1.21. The highest BCUT2D eigenvalue weighted by Gasteiger charge is 2.08. The van der Waals surface area contributed by atoms with E-state index in [1.54, 1.807) is 0 Å². The maximum Gasteiger partial charge on any atom is 0.0480 e. The van der Waals surface area contributed by atoms with E-state index in [9.17, 15) is 0 Å². The molecule has 0 aromatic carbocycles. The van der Waals surface area contributed by atoms with Crippen molar-refractivity contribution in [1.29, 1.82) is 0 Å². The normalized spacial score (nSPS) is 12.2. The molecule has 0 aliphatic carbocycles. The maximum absolute atomic E-state index is 4.32. The van der Waals surface area contributed by atoms with Crippen molar-refractivity contribution in [2.45, 2.75) is 44.9 Å². The highest BCUT2D eigenvalue weighted by Crippen LogP contribution is 2.09. The van der Waals surface area contributed by atoms with E-state index in [-0.39, 0.29) is 0 Å². The average molecular weight is 233 g/mol. The highest BCUT2D eigenvalue weighted by molar-refractivity contribution is 6.76. The van der Waals surface area contributed by atoms with Crippen LogP contribution in [0, 0.1) is 0 Å². The highest BCUT2D eigenvalue weighted by atomic mass is 28.3. The molecule has 1 aromatic rings. The fraction of sp³-hybridized carbons (Fsp3) is 0.500. The molecule has 0 saturated heterocycles. The number of aryl methyl sites for hydroxylation is 1. The Morgan fingerprint density at radius 3 is 2.62 bits per heavy atom. The molecule has 0 radical (unpaired) electrons. The molecule has 0 saturated carbocycles. The van der Waals surface area contributed by atoms with Gasteiger partial charge in [0.2, 0.25) is 0 Å². The van der Waals surface area contributed by atoms with Crippen LogP contribution in [0.2, 0.25) is 25.7 Å². The first-order chi connectivity index (χ1) is 7.58. The first-order valence-corrected chi connectivity index (χ1v) is 9.83. The van der Waals surface area contributed by atoms with Crippen molar-refractivity contribution in [3.8, 4) is 0 Å². The van der Waals surface area contributed by atoms with Crippen molar-refractivity contribution in [2.75, 3.05) is 0 Å². The van der Waals surface area contributed by atoms with Crippen molar-refractivity contribution in [3.05, 3.63) is 42.2 Å². The van der Waals surface area contributed by atoms with E-state index in [2.05, 4.69) is 48.9 Å². The van der Waals surface area contributed by atoms with E-state index in [0.717, 1.165) is 6.42 Å². The molecule has 0 aliphatic rings. The SMILES string of the molecule is C[Si](C)(C)CC=CCCCc1ccccn1. The summed E-state index contributed by atoms with van der Waals surface area (Å²) in [5, 5.41) is 0. The van der Waals surface area contributed by atoms with Gasteiger partial charge in [0.25, 0.3) is 0 Å². The monoisotopic (exact) mass is 233 g/mol. The minimum atomic E-state index is -0.880. The Hall–Kier alpha value is -0.893. The van der Waals surface area contributed by atoms with E-state index in [1.807, 2.05) is 12.3 Å². The van der Waals surface area contributed by atoms with Crippen molar-refractivity contribution < 1.29 is 0 Å². The van der Waals surface area contributed by atoms with Crippen molar-refractivity contribution >= 4 is 8.07 Å². The summed E-state index contributed by atoms with van der Waals surface area (Å²) < 4.78 is 0. The van der Waals surface area contributed by atoms with Gasteiger partial charge in [0, 0.05) is 20.0 Å². The number of rotatable bonds is 6. The zero-order valence-corrected chi connectivity index (χ0v) is 11.7. The van der Waals surface area contributed by atoms with Gasteiger partial charge >= 0.3 is 0 Å². The van der Waals surface area contributed by atoms with Crippen LogP contribution in [0.3, 0.4) is 0 Å². The van der Waals surface area contributed by atoms with E-state index >= 15 is 0 Å². The van der Waals surface area contributed by atoms with Gasteiger partial charge in [-0.25, -0.2) is 0 Å². The largest absolute Gasteiger partial charge is 0.261 e. The van der Waals surface area contributed by atoms with Crippen LogP contribution in [-0.4, -0.2) is 13.1 Å². The molecule has 0 unspecified atom stereocenters. The van der Waals surface area contributed by atoms with Crippen LogP contribution in [0.4, 0.5) is 0 Å². The third kappa shape index (κ3) is 6.56. The smallest absolute Gasteiger partial charge is 0.0480 e. The Morgan fingerprint density at radius 2 is 2.00 bits per heavy atom. The quantitative estimate of drug-likeness (QED) is 0.405. The molecular weight excluding hydrogens is 210 g/mol. The maximum atomic E-state index is 4.32. The number of hydrogen-bond donors (Lipinski definition) is 0. The Balaban J connectivity index is 2.13. The van der Waals surface area contributed by atoms with E-state index < -0.39 is 8.07 Å². The molecule has 0 atom stereocenters. The summed E-state index contributed by atoms with van der Waals surface area (Å²) in [7, 11) is -0.880. The number of allylic oxidation sites excluding steroid dienone is 2. The molecule has 1 heterocycles. The Bertz CT molecular complexity index is 311. The van der Waals surface area contributed by atoms with Crippen molar-refractivity contribution in [1.82, 2.24) is 4.98 Å². The lowest BCUT2D eigenvalue weighted by atomic mass is 10.2. The predicted molar refractivity (Wildman–Crippen MR) is 74.5 cm³/mol. The number of aromatic nitrogens is 1. The second-order valence-electron chi connectivity index (χ2n) is 5.45. The van der Waals surface area contributed by atoms with Gasteiger partial charge in [-0.3, -0.25) is 4.98 Å². The van der Waals surface area contributed by atoms with Crippen LogP contribution in [0.25, 0.3) is 0 Å². The summed E-state index contributed by atoms with van der Waals surface area (Å²) in [4.78, 5) is 4.32. The van der Waals surface area contributed by atoms with Gasteiger partial charge in [0.1, 0.15) is 0 Å². The summed E-state index contributed by atoms with van der Waals surface area (Å²) in [5.74, 6) is 0. The Labute approximate surface area is 101 Å². The summed E-state index contributed by atoms with van der Waals surface area (Å²) >= 11 is 0. The molecular formula is C14H23NSi. The van der Waals surface area contributed by atoms with E-state index in [4.69, 9.17) is 0 Å². The lowest BCUT2D eigenvalue weighted by molar-refractivity contribution is 0.817. The molecule has 0 spiro atoms. The zero-order valence-electron chi connectivity index (χ0n) is 10.7. The van der Waals surface area contributed by atoms with Crippen molar-refractivity contribution in [3.63, 3.8) is 0 Å². The first-order valence-electron chi connectivity index (χ1n) is 6.13. The minimum absolute atomic E-state index is 0.880.